The Balaban J connectivity index is 2.07. The maximum atomic E-state index is 12.2. The fourth-order valence-corrected chi connectivity index (χ4v) is 2.58. The first kappa shape index (κ1) is 13.8. The van der Waals surface area contributed by atoms with Gasteiger partial charge in [0.1, 0.15) is 0 Å². The van der Waals surface area contributed by atoms with Crippen LogP contribution in [-0.2, 0) is 0 Å². The van der Waals surface area contributed by atoms with Crippen molar-refractivity contribution in [2.75, 3.05) is 6.61 Å². The Morgan fingerprint density at radius 1 is 1.56 bits per heavy atom. The number of carbonyl (C=O) groups excluding carboxylic acids is 1. The Kier molecular flexibility index (Phi) is 4.65. The summed E-state index contributed by atoms with van der Waals surface area (Å²) >= 11 is 9.24. The molecule has 1 aromatic carbocycles. The molecule has 0 radical (unpaired) electrons. The minimum Gasteiger partial charge on any atom is -0.396 e. The molecule has 1 atom stereocenters. The predicted molar refractivity (Wildman–Crippen MR) is 74.8 cm³/mol. The van der Waals surface area contributed by atoms with Gasteiger partial charge >= 0.3 is 0 Å². The molecule has 5 heteroatoms. The standard InChI is InChI=1S/C13H15BrClNO2/c14-11-4-3-9(15)7-10(11)13(18)16-12(5-6-17)8-1-2-8/h3-4,7-8,12,17H,1-2,5-6H2,(H,16,18). The summed E-state index contributed by atoms with van der Waals surface area (Å²) in [5, 5.41) is 12.5. The number of benzene rings is 1. The Labute approximate surface area is 120 Å². The molecule has 3 nitrogen and oxygen atoms in total. The molecule has 2 N–H and O–H groups in total. The first-order valence-electron chi connectivity index (χ1n) is 5.98. The molecule has 0 saturated heterocycles. The number of aliphatic hydroxyl groups excluding tert-OH is 1. The van der Waals surface area contributed by atoms with Gasteiger partial charge in [-0.25, -0.2) is 0 Å². The Hall–Kier alpha value is -0.580. The van der Waals surface area contributed by atoms with Crippen LogP contribution in [0.4, 0.5) is 0 Å². The van der Waals surface area contributed by atoms with Crippen molar-refractivity contribution in [2.45, 2.75) is 25.3 Å². The normalized spacial score (nSPS) is 16.4. The summed E-state index contributed by atoms with van der Waals surface area (Å²) in [6.07, 6.45) is 2.86. The lowest BCUT2D eigenvalue weighted by molar-refractivity contribution is 0.0923. The number of rotatable bonds is 5. The van der Waals surface area contributed by atoms with Gasteiger partial charge < -0.3 is 10.4 Å². The van der Waals surface area contributed by atoms with Gasteiger partial charge in [-0.2, -0.15) is 0 Å². The molecule has 18 heavy (non-hydrogen) atoms. The van der Waals surface area contributed by atoms with Crippen molar-refractivity contribution in [3.05, 3.63) is 33.3 Å². The minimum absolute atomic E-state index is 0.0633. The fraction of sp³-hybridized carbons (Fsp3) is 0.462. The number of hydrogen-bond donors (Lipinski definition) is 2. The lowest BCUT2D eigenvalue weighted by Gasteiger charge is -2.17. The molecule has 2 rings (SSSR count). The summed E-state index contributed by atoms with van der Waals surface area (Å²) < 4.78 is 0.725. The lowest BCUT2D eigenvalue weighted by atomic mass is 10.1. The van der Waals surface area contributed by atoms with Crippen molar-refractivity contribution in [1.82, 2.24) is 5.32 Å². The second kappa shape index (κ2) is 6.04. The van der Waals surface area contributed by atoms with Crippen LogP contribution in [0.5, 0.6) is 0 Å². The Bertz CT molecular complexity index is 449. The maximum absolute atomic E-state index is 12.2. The highest BCUT2D eigenvalue weighted by atomic mass is 79.9. The van der Waals surface area contributed by atoms with E-state index in [1.54, 1.807) is 18.2 Å². The molecule has 1 aliphatic carbocycles. The van der Waals surface area contributed by atoms with E-state index in [4.69, 9.17) is 16.7 Å². The topological polar surface area (TPSA) is 49.3 Å². The van der Waals surface area contributed by atoms with Crippen molar-refractivity contribution < 1.29 is 9.90 Å². The van der Waals surface area contributed by atoms with E-state index in [0.717, 1.165) is 17.3 Å². The molecule has 0 spiro atoms. The molecule has 1 aromatic rings. The third-order valence-corrected chi connectivity index (χ3v) is 4.05. The average molecular weight is 333 g/mol. The highest BCUT2D eigenvalue weighted by molar-refractivity contribution is 9.10. The van der Waals surface area contributed by atoms with Crippen LogP contribution in [0, 0.1) is 5.92 Å². The van der Waals surface area contributed by atoms with Gasteiger partial charge in [0, 0.05) is 22.1 Å². The second-order valence-electron chi connectivity index (χ2n) is 4.55. The molecule has 1 saturated carbocycles. The zero-order valence-corrected chi connectivity index (χ0v) is 12.2. The first-order valence-corrected chi connectivity index (χ1v) is 7.15. The van der Waals surface area contributed by atoms with Gasteiger partial charge in [0.15, 0.2) is 0 Å². The van der Waals surface area contributed by atoms with E-state index < -0.39 is 0 Å². The van der Waals surface area contributed by atoms with Crippen LogP contribution in [0.25, 0.3) is 0 Å². The summed E-state index contributed by atoms with van der Waals surface area (Å²) in [5.41, 5.74) is 0.533. The quantitative estimate of drug-likeness (QED) is 0.871. The average Bonchev–Trinajstić information content (AvgIpc) is 3.15. The largest absolute Gasteiger partial charge is 0.396 e. The molecular weight excluding hydrogens is 318 g/mol. The number of halogens is 2. The van der Waals surface area contributed by atoms with E-state index in [2.05, 4.69) is 21.2 Å². The van der Waals surface area contributed by atoms with E-state index >= 15 is 0 Å². The van der Waals surface area contributed by atoms with Crippen molar-refractivity contribution in [1.29, 1.82) is 0 Å². The van der Waals surface area contributed by atoms with Gasteiger partial charge in [0.05, 0.1) is 5.56 Å². The molecular formula is C13H15BrClNO2. The highest BCUT2D eigenvalue weighted by Crippen LogP contribution is 2.34. The summed E-state index contributed by atoms with van der Waals surface area (Å²) in [6, 6.07) is 5.20. The summed E-state index contributed by atoms with van der Waals surface area (Å²) in [6.45, 7) is 0.0954. The Morgan fingerprint density at radius 3 is 2.89 bits per heavy atom. The van der Waals surface area contributed by atoms with Crippen molar-refractivity contribution in [2.24, 2.45) is 5.92 Å². The second-order valence-corrected chi connectivity index (χ2v) is 5.84. The van der Waals surface area contributed by atoms with Crippen molar-refractivity contribution >= 4 is 33.4 Å². The highest BCUT2D eigenvalue weighted by Gasteiger charge is 2.32. The molecule has 0 bridgehead atoms. The summed E-state index contributed by atoms with van der Waals surface area (Å²) in [5.74, 6) is 0.369. The van der Waals surface area contributed by atoms with E-state index in [1.165, 1.54) is 0 Å². The predicted octanol–water partition coefficient (Wildman–Crippen LogP) is 2.99. The number of aliphatic hydroxyl groups is 1. The van der Waals surface area contributed by atoms with Gasteiger partial charge in [-0.3, -0.25) is 4.79 Å². The minimum atomic E-state index is -0.144. The van der Waals surface area contributed by atoms with E-state index in [0.29, 0.717) is 22.9 Å². The molecule has 1 fully saturated rings. The zero-order chi connectivity index (χ0) is 13.1. The number of nitrogens with one attached hydrogen (secondary N) is 1. The molecule has 0 heterocycles. The van der Waals surface area contributed by atoms with E-state index in [9.17, 15) is 4.79 Å². The molecule has 1 amide bonds. The van der Waals surface area contributed by atoms with Gasteiger partial charge in [0.2, 0.25) is 0 Å². The van der Waals surface area contributed by atoms with Crippen LogP contribution in [0.3, 0.4) is 0 Å². The SMILES string of the molecule is O=C(NC(CCO)C1CC1)c1cc(Cl)ccc1Br. The van der Waals surface area contributed by atoms with Crippen LogP contribution in [0.2, 0.25) is 5.02 Å². The van der Waals surface area contributed by atoms with Crippen LogP contribution in [0.15, 0.2) is 22.7 Å². The first-order chi connectivity index (χ1) is 8.61. The van der Waals surface area contributed by atoms with Gasteiger partial charge in [0.25, 0.3) is 5.91 Å². The number of hydrogen-bond acceptors (Lipinski definition) is 2. The van der Waals surface area contributed by atoms with Crippen molar-refractivity contribution in [3.63, 3.8) is 0 Å². The maximum Gasteiger partial charge on any atom is 0.252 e. The van der Waals surface area contributed by atoms with Crippen LogP contribution < -0.4 is 5.32 Å². The molecule has 0 aliphatic heterocycles. The monoisotopic (exact) mass is 331 g/mol. The van der Waals surface area contributed by atoms with E-state index in [-0.39, 0.29) is 18.6 Å². The van der Waals surface area contributed by atoms with Gasteiger partial charge in [-0.15, -0.1) is 0 Å². The molecule has 0 aromatic heterocycles. The van der Waals surface area contributed by atoms with Crippen molar-refractivity contribution in [3.8, 4) is 0 Å². The number of carbonyl (C=O) groups is 1. The zero-order valence-electron chi connectivity index (χ0n) is 9.83. The van der Waals surface area contributed by atoms with Crippen LogP contribution in [0.1, 0.15) is 29.6 Å². The van der Waals surface area contributed by atoms with Crippen LogP contribution in [-0.4, -0.2) is 23.7 Å². The molecule has 1 aliphatic rings. The lowest BCUT2D eigenvalue weighted by Crippen LogP contribution is -2.37. The summed E-state index contributed by atoms with van der Waals surface area (Å²) in [7, 11) is 0. The molecule has 98 valence electrons. The van der Waals surface area contributed by atoms with Crippen LogP contribution >= 0.6 is 27.5 Å². The fourth-order valence-electron chi connectivity index (χ4n) is 1.98. The van der Waals surface area contributed by atoms with Gasteiger partial charge in [-0.05, 0) is 59.3 Å². The smallest absolute Gasteiger partial charge is 0.252 e. The number of amides is 1. The third-order valence-electron chi connectivity index (χ3n) is 3.12. The van der Waals surface area contributed by atoms with E-state index in [1.807, 2.05) is 0 Å². The third kappa shape index (κ3) is 3.46. The van der Waals surface area contributed by atoms with Gasteiger partial charge in [-0.1, -0.05) is 11.6 Å². The summed E-state index contributed by atoms with van der Waals surface area (Å²) in [4.78, 5) is 12.2. The Morgan fingerprint density at radius 2 is 2.28 bits per heavy atom. The molecule has 1 unspecified atom stereocenters.